The summed E-state index contributed by atoms with van der Waals surface area (Å²) in [4.78, 5) is 8.62. The number of hydrogen-bond donors (Lipinski definition) is 1. The Morgan fingerprint density at radius 1 is 1.38 bits per heavy atom. The molecule has 3 nitrogen and oxygen atoms in total. The van der Waals surface area contributed by atoms with Crippen molar-refractivity contribution in [2.75, 3.05) is 18.4 Å². The summed E-state index contributed by atoms with van der Waals surface area (Å²) in [6.07, 6.45) is 4.31. The summed E-state index contributed by atoms with van der Waals surface area (Å²) < 4.78 is 0. The van der Waals surface area contributed by atoms with Crippen LogP contribution >= 0.6 is 11.3 Å². The summed E-state index contributed by atoms with van der Waals surface area (Å²) in [5, 5.41) is 5.54. The molecular formula is C17H23N3S. The van der Waals surface area contributed by atoms with Crippen molar-refractivity contribution in [3.8, 4) is 0 Å². The third kappa shape index (κ3) is 3.27. The zero-order valence-corrected chi connectivity index (χ0v) is 13.6. The van der Waals surface area contributed by atoms with Gasteiger partial charge in [0.25, 0.3) is 0 Å². The number of hydrogen-bond acceptors (Lipinski definition) is 4. The minimum absolute atomic E-state index is 0.512. The van der Waals surface area contributed by atoms with Gasteiger partial charge in [0.05, 0.1) is 0 Å². The first-order chi connectivity index (χ1) is 10.3. The topological polar surface area (TPSA) is 28.2 Å². The van der Waals surface area contributed by atoms with Gasteiger partial charge in [-0.1, -0.05) is 13.0 Å². The number of nitrogens with one attached hydrogen (secondary N) is 1. The summed E-state index contributed by atoms with van der Waals surface area (Å²) in [5.41, 5.74) is 2.81. The van der Waals surface area contributed by atoms with Crippen LogP contribution in [0.1, 0.15) is 42.3 Å². The molecule has 2 aromatic rings. The molecule has 4 heteroatoms. The number of fused-ring (bicyclic) bond motifs is 1. The zero-order valence-electron chi connectivity index (χ0n) is 12.8. The maximum Gasteiger partial charge on any atom is 0.125 e. The lowest BCUT2D eigenvalue weighted by molar-refractivity contribution is 0.191. The second-order valence-corrected chi connectivity index (χ2v) is 6.67. The van der Waals surface area contributed by atoms with E-state index in [1.165, 1.54) is 17.5 Å². The number of nitrogens with zero attached hydrogens (tertiary/aromatic N) is 2. The summed E-state index contributed by atoms with van der Waals surface area (Å²) >= 11 is 1.90. The summed E-state index contributed by atoms with van der Waals surface area (Å²) in [6.45, 7) is 7.59. The van der Waals surface area contributed by atoms with Crippen LogP contribution in [0.4, 0.5) is 5.82 Å². The number of anilines is 1. The van der Waals surface area contributed by atoms with Crippen molar-refractivity contribution in [1.82, 2.24) is 9.88 Å². The van der Waals surface area contributed by atoms with Crippen molar-refractivity contribution in [3.63, 3.8) is 0 Å². The van der Waals surface area contributed by atoms with Gasteiger partial charge in [-0.2, -0.15) is 0 Å². The van der Waals surface area contributed by atoms with Gasteiger partial charge in [0.2, 0.25) is 0 Å². The van der Waals surface area contributed by atoms with E-state index >= 15 is 0 Å². The van der Waals surface area contributed by atoms with Crippen LogP contribution < -0.4 is 5.32 Å². The molecule has 0 fully saturated rings. The van der Waals surface area contributed by atoms with Crippen LogP contribution in [0.15, 0.2) is 29.8 Å². The van der Waals surface area contributed by atoms with Crippen LogP contribution in [0.2, 0.25) is 0 Å². The van der Waals surface area contributed by atoms with Gasteiger partial charge in [-0.3, -0.25) is 4.90 Å². The van der Waals surface area contributed by atoms with E-state index in [9.17, 15) is 0 Å². The Hall–Kier alpha value is -1.39. The highest BCUT2D eigenvalue weighted by Gasteiger charge is 2.24. The Morgan fingerprint density at radius 3 is 3.05 bits per heavy atom. The van der Waals surface area contributed by atoms with Gasteiger partial charge in [0.1, 0.15) is 5.82 Å². The number of pyridine rings is 1. The van der Waals surface area contributed by atoms with Gasteiger partial charge in [-0.25, -0.2) is 4.98 Å². The van der Waals surface area contributed by atoms with Crippen LogP contribution in [-0.2, 0) is 13.0 Å². The minimum Gasteiger partial charge on any atom is -0.370 e. The van der Waals surface area contributed by atoms with Crippen molar-refractivity contribution >= 4 is 17.2 Å². The quantitative estimate of drug-likeness (QED) is 0.902. The fourth-order valence-corrected chi connectivity index (χ4v) is 3.85. The van der Waals surface area contributed by atoms with Gasteiger partial charge in [-0.15, -0.1) is 11.3 Å². The normalized spacial score (nSPS) is 18.5. The monoisotopic (exact) mass is 301 g/mol. The molecule has 0 aromatic carbocycles. The molecule has 3 rings (SSSR count). The third-order valence-corrected chi connectivity index (χ3v) is 5.17. The van der Waals surface area contributed by atoms with Crippen LogP contribution in [0.25, 0.3) is 0 Å². The molecule has 0 spiro atoms. The average molecular weight is 301 g/mol. The molecule has 0 amide bonds. The van der Waals surface area contributed by atoms with E-state index in [4.69, 9.17) is 0 Å². The lowest BCUT2D eigenvalue weighted by atomic mass is 10.0. The van der Waals surface area contributed by atoms with Crippen molar-refractivity contribution in [3.05, 3.63) is 45.8 Å². The van der Waals surface area contributed by atoms with E-state index in [0.717, 1.165) is 31.9 Å². The molecule has 112 valence electrons. The third-order valence-electron chi connectivity index (χ3n) is 4.17. The standard InChI is InChI=1S/C17H23N3S/c1-3-8-18-17-5-4-14(11-19-17)12-20-9-6-16-15(13(20)2)7-10-21-16/h4-5,7,10-11,13H,3,6,8-9,12H2,1-2H3,(H,18,19). The summed E-state index contributed by atoms with van der Waals surface area (Å²) in [7, 11) is 0. The smallest absolute Gasteiger partial charge is 0.125 e. The largest absolute Gasteiger partial charge is 0.370 e. The van der Waals surface area contributed by atoms with Crippen molar-refractivity contribution < 1.29 is 0 Å². The number of thiophene rings is 1. The molecule has 1 unspecified atom stereocenters. The fourth-order valence-electron chi connectivity index (χ4n) is 2.89. The van der Waals surface area contributed by atoms with E-state index in [-0.39, 0.29) is 0 Å². The molecular weight excluding hydrogens is 278 g/mol. The first-order valence-electron chi connectivity index (χ1n) is 7.77. The Bertz CT molecular complexity index is 576. The van der Waals surface area contributed by atoms with Gasteiger partial charge in [-0.05, 0) is 48.4 Å². The Kier molecular flexibility index (Phi) is 4.56. The van der Waals surface area contributed by atoms with E-state index < -0.39 is 0 Å². The maximum absolute atomic E-state index is 4.51. The number of aromatic nitrogens is 1. The maximum atomic E-state index is 4.51. The van der Waals surface area contributed by atoms with Gasteiger partial charge in [0.15, 0.2) is 0 Å². The molecule has 0 bridgehead atoms. The first kappa shape index (κ1) is 14.5. The average Bonchev–Trinajstić information content (AvgIpc) is 2.99. The second kappa shape index (κ2) is 6.58. The number of rotatable bonds is 5. The fraction of sp³-hybridized carbons (Fsp3) is 0.471. The lowest BCUT2D eigenvalue weighted by Crippen LogP contribution is -2.32. The molecule has 21 heavy (non-hydrogen) atoms. The summed E-state index contributed by atoms with van der Waals surface area (Å²) in [6, 6.07) is 7.08. The van der Waals surface area contributed by atoms with E-state index in [1.54, 1.807) is 4.88 Å². The Morgan fingerprint density at radius 2 is 2.29 bits per heavy atom. The summed E-state index contributed by atoms with van der Waals surface area (Å²) in [5.74, 6) is 0.979. The molecule has 3 heterocycles. The predicted octanol–water partition coefficient (Wildman–Crippen LogP) is 4.08. The minimum atomic E-state index is 0.512. The Balaban J connectivity index is 1.64. The van der Waals surface area contributed by atoms with Crippen molar-refractivity contribution in [2.24, 2.45) is 0 Å². The molecule has 1 aliphatic heterocycles. The van der Waals surface area contributed by atoms with Crippen molar-refractivity contribution in [2.45, 2.75) is 39.3 Å². The lowest BCUT2D eigenvalue weighted by Gasteiger charge is -2.33. The highest BCUT2D eigenvalue weighted by molar-refractivity contribution is 7.10. The van der Waals surface area contributed by atoms with E-state index in [2.05, 4.69) is 52.6 Å². The van der Waals surface area contributed by atoms with Crippen LogP contribution in [0.5, 0.6) is 0 Å². The SMILES string of the molecule is CCCNc1ccc(CN2CCc3sccc3C2C)cn1. The van der Waals surface area contributed by atoms with Crippen LogP contribution in [0.3, 0.4) is 0 Å². The zero-order chi connectivity index (χ0) is 14.7. The molecule has 2 aromatic heterocycles. The van der Waals surface area contributed by atoms with E-state index in [0.29, 0.717) is 6.04 Å². The van der Waals surface area contributed by atoms with Crippen LogP contribution in [0, 0.1) is 0 Å². The molecule has 0 saturated carbocycles. The van der Waals surface area contributed by atoms with E-state index in [1.807, 2.05) is 17.5 Å². The predicted molar refractivity (Wildman–Crippen MR) is 89.9 cm³/mol. The molecule has 0 aliphatic carbocycles. The molecule has 1 N–H and O–H groups in total. The van der Waals surface area contributed by atoms with Gasteiger partial charge in [0, 0.05) is 36.8 Å². The highest BCUT2D eigenvalue weighted by Crippen LogP contribution is 2.33. The molecule has 0 radical (unpaired) electrons. The van der Waals surface area contributed by atoms with Crippen molar-refractivity contribution in [1.29, 1.82) is 0 Å². The van der Waals surface area contributed by atoms with Gasteiger partial charge < -0.3 is 5.32 Å². The van der Waals surface area contributed by atoms with Crippen LogP contribution in [-0.4, -0.2) is 23.0 Å². The van der Waals surface area contributed by atoms with Gasteiger partial charge >= 0.3 is 0 Å². The highest BCUT2D eigenvalue weighted by atomic mass is 32.1. The Labute approximate surface area is 131 Å². The molecule has 1 atom stereocenters. The second-order valence-electron chi connectivity index (χ2n) is 5.67. The first-order valence-corrected chi connectivity index (χ1v) is 8.65. The molecule has 0 saturated heterocycles. The molecule has 1 aliphatic rings.